The Labute approximate surface area is 92.0 Å². The molecule has 1 aliphatic heterocycles. The number of halogens is 4. The highest BCUT2D eigenvalue weighted by molar-refractivity contribution is 6.53. The average molecular weight is 249 g/mol. The second kappa shape index (κ2) is 3.21. The van der Waals surface area contributed by atoms with Crippen molar-refractivity contribution in [3.8, 4) is 0 Å². The molecular weight excluding hydrogens is 240 g/mol. The molecule has 0 fully saturated rings. The third-order valence-electron chi connectivity index (χ3n) is 1.89. The summed E-state index contributed by atoms with van der Waals surface area (Å²) >= 11 is 23.6. The van der Waals surface area contributed by atoms with E-state index in [2.05, 4.69) is 5.32 Å². The molecular formula is C7H9Cl4N. The first-order chi connectivity index (χ1) is 5.26. The van der Waals surface area contributed by atoms with Gasteiger partial charge in [0.25, 0.3) is 0 Å². The molecule has 0 radical (unpaired) electrons. The van der Waals surface area contributed by atoms with E-state index in [1.807, 2.05) is 19.9 Å². The minimum atomic E-state index is -1.16. The molecule has 0 bridgehead atoms. The molecule has 0 aromatic carbocycles. The topological polar surface area (TPSA) is 12.0 Å². The Morgan fingerprint density at radius 3 is 2.25 bits per heavy atom. The van der Waals surface area contributed by atoms with Crippen LogP contribution >= 0.6 is 46.4 Å². The number of alkyl halides is 4. The highest BCUT2D eigenvalue weighted by atomic mass is 35.5. The average Bonchev–Trinajstić information content (AvgIpc) is 1.82. The Kier molecular flexibility index (Phi) is 2.93. The Morgan fingerprint density at radius 1 is 1.33 bits per heavy atom. The van der Waals surface area contributed by atoms with Crippen LogP contribution < -0.4 is 5.32 Å². The van der Waals surface area contributed by atoms with Crippen molar-refractivity contribution >= 4 is 46.4 Å². The maximum atomic E-state index is 5.91. The number of nitrogens with one attached hydrogen (secondary N) is 1. The molecule has 0 aromatic heterocycles. The van der Waals surface area contributed by atoms with Gasteiger partial charge in [-0.05, 0) is 12.5 Å². The molecule has 5 heteroatoms. The van der Waals surface area contributed by atoms with E-state index in [9.17, 15) is 0 Å². The van der Waals surface area contributed by atoms with Gasteiger partial charge in [0, 0.05) is 5.92 Å². The molecule has 0 amide bonds. The first kappa shape index (κ1) is 10.9. The summed E-state index contributed by atoms with van der Waals surface area (Å²) in [5.41, 5.74) is 0.815. The lowest BCUT2D eigenvalue weighted by Crippen LogP contribution is -2.53. The van der Waals surface area contributed by atoms with Crippen LogP contribution in [-0.2, 0) is 0 Å². The van der Waals surface area contributed by atoms with Crippen LogP contribution in [0, 0.1) is 5.92 Å². The maximum absolute atomic E-state index is 5.91. The van der Waals surface area contributed by atoms with Crippen LogP contribution in [0.1, 0.15) is 13.8 Å². The summed E-state index contributed by atoms with van der Waals surface area (Å²) in [5, 5.41) is 2.72. The van der Waals surface area contributed by atoms with E-state index < -0.39 is 8.91 Å². The van der Waals surface area contributed by atoms with Crippen molar-refractivity contribution in [2.24, 2.45) is 5.92 Å². The summed E-state index contributed by atoms with van der Waals surface area (Å²) in [6, 6.07) is 0. The van der Waals surface area contributed by atoms with Gasteiger partial charge in [0.05, 0.1) is 0 Å². The first-order valence-electron chi connectivity index (χ1n) is 3.49. The highest BCUT2D eigenvalue weighted by Crippen LogP contribution is 2.41. The van der Waals surface area contributed by atoms with Crippen molar-refractivity contribution in [3.05, 3.63) is 11.6 Å². The third kappa shape index (κ3) is 2.02. The van der Waals surface area contributed by atoms with Gasteiger partial charge in [-0.25, -0.2) is 0 Å². The summed E-state index contributed by atoms with van der Waals surface area (Å²) < 4.78 is -2.25. The Bertz CT molecular complexity index is 221. The lowest BCUT2D eigenvalue weighted by molar-refractivity contribution is 0.445. The first-order valence-corrected chi connectivity index (χ1v) is 5.01. The monoisotopic (exact) mass is 247 g/mol. The number of hydrogen-bond donors (Lipinski definition) is 1. The summed E-state index contributed by atoms with van der Waals surface area (Å²) in [6.45, 7) is 3.71. The number of hydrogen-bond acceptors (Lipinski definition) is 1. The lowest BCUT2D eigenvalue weighted by atomic mass is 10.0. The van der Waals surface area contributed by atoms with Gasteiger partial charge in [-0.1, -0.05) is 59.4 Å². The fraction of sp³-hybridized carbons (Fsp3) is 0.714. The molecule has 70 valence electrons. The van der Waals surface area contributed by atoms with E-state index in [0.717, 1.165) is 5.57 Å². The minimum Gasteiger partial charge on any atom is -0.251 e. The predicted molar refractivity (Wildman–Crippen MR) is 54.9 cm³/mol. The van der Waals surface area contributed by atoms with E-state index in [0.29, 0.717) is 0 Å². The molecule has 1 nitrogen and oxygen atoms in total. The van der Waals surface area contributed by atoms with E-state index in [1.54, 1.807) is 0 Å². The van der Waals surface area contributed by atoms with E-state index in [1.165, 1.54) is 0 Å². The zero-order valence-corrected chi connectivity index (χ0v) is 9.69. The van der Waals surface area contributed by atoms with Crippen LogP contribution in [0.15, 0.2) is 11.6 Å². The Morgan fingerprint density at radius 2 is 1.83 bits per heavy atom. The van der Waals surface area contributed by atoms with E-state index in [-0.39, 0.29) is 5.92 Å². The zero-order valence-electron chi connectivity index (χ0n) is 6.67. The van der Waals surface area contributed by atoms with Gasteiger partial charge in [0.2, 0.25) is 0 Å². The van der Waals surface area contributed by atoms with Gasteiger partial charge in [-0.15, -0.1) is 0 Å². The molecule has 0 aliphatic carbocycles. The largest absolute Gasteiger partial charge is 0.251 e. The van der Waals surface area contributed by atoms with Crippen LogP contribution in [0.25, 0.3) is 0 Å². The van der Waals surface area contributed by atoms with Gasteiger partial charge in [0.15, 0.2) is 8.91 Å². The van der Waals surface area contributed by atoms with Crippen molar-refractivity contribution in [3.63, 3.8) is 0 Å². The fourth-order valence-electron chi connectivity index (χ4n) is 1.01. The van der Waals surface area contributed by atoms with E-state index in [4.69, 9.17) is 46.4 Å². The lowest BCUT2D eigenvalue weighted by Gasteiger charge is -2.38. The van der Waals surface area contributed by atoms with Gasteiger partial charge < -0.3 is 0 Å². The Hall–Kier alpha value is 0.860. The van der Waals surface area contributed by atoms with Crippen LogP contribution in [0.2, 0.25) is 0 Å². The molecule has 0 aromatic rings. The van der Waals surface area contributed by atoms with Crippen molar-refractivity contribution < 1.29 is 0 Å². The highest BCUT2D eigenvalue weighted by Gasteiger charge is 2.43. The second-order valence-electron chi connectivity index (χ2n) is 2.96. The summed E-state index contributed by atoms with van der Waals surface area (Å²) in [6.07, 6.45) is 1.86. The molecule has 12 heavy (non-hydrogen) atoms. The molecule has 1 rings (SSSR count). The molecule has 1 N–H and O–H groups in total. The normalized spacial score (nSPS) is 32.8. The van der Waals surface area contributed by atoms with Crippen LogP contribution in [-0.4, -0.2) is 8.91 Å². The van der Waals surface area contributed by atoms with Crippen molar-refractivity contribution in [1.82, 2.24) is 5.32 Å². The Balaban J connectivity index is 2.99. The predicted octanol–water partition coefficient (Wildman–Crippen LogP) is 3.43. The van der Waals surface area contributed by atoms with Gasteiger partial charge in [0.1, 0.15) is 0 Å². The summed E-state index contributed by atoms with van der Waals surface area (Å²) in [5.74, 6) is -0.0218. The molecule has 1 aliphatic rings. The van der Waals surface area contributed by atoms with Crippen molar-refractivity contribution in [2.75, 3.05) is 0 Å². The van der Waals surface area contributed by atoms with Crippen LogP contribution in [0.5, 0.6) is 0 Å². The van der Waals surface area contributed by atoms with Gasteiger partial charge >= 0.3 is 0 Å². The van der Waals surface area contributed by atoms with Crippen molar-refractivity contribution in [2.45, 2.75) is 22.8 Å². The van der Waals surface area contributed by atoms with E-state index >= 15 is 0 Å². The molecule has 0 saturated heterocycles. The fourth-order valence-corrected chi connectivity index (χ4v) is 2.03. The van der Waals surface area contributed by atoms with Crippen molar-refractivity contribution in [1.29, 1.82) is 0 Å². The number of rotatable bonds is 0. The summed E-state index contributed by atoms with van der Waals surface area (Å²) in [4.78, 5) is 0. The SMILES string of the molecule is CC1=CC(C)C(Cl)(Cl)NC1(Cl)Cl. The molecule has 1 atom stereocenters. The molecule has 1 heterocycles. The summed E-state index contributed by atoms with van der Waals surface area (Å²) in [7, 11) is 0. The van der Waals surface area contributed by atoms with Gasteiger partial charge in [-0.2, -0.15) is 0 Å². The zero-order chi connectivity index (χ0) is 9.57. The second-order valence-corrected chi connectivity index (χ2v) is 5.67. The van der Waals surface area contributed by atoms with Gasteiger partial charge in [-0.3, -0.25) is 5.32 Å². The molecule has 1 unspecified atom stereocenters. The van der Waals surface area contributed by atoms with Crippen LogP contribution in [0.3, 0.4) is 0 Å². The smallest absolute Gasteiger partial charge is 0.192 e. The molecule has 0 saturated carbocycles. The quantitative estimate of drug-likeness (QED) is 0.394. The molecule has 0 spiro atoms. The van der Waals surface area contributed by atoms with Crippen LogP contribution in [0.4, 0.5) is 0 Å². The maximum Gasteiger partial charge on any atom is 0.192 e. The third-order valence-corrected chi connectivity index (χ3v) is 3.55. The standard InChI is InChI=1S/C7H9Cl4N/c1-4-3-5(2)7(10,11)12-6(4,8)9/h3-4,12H,1-2H3. The minimum absolute atomic E-state index is 0.0218.